The predicted molar refractivity (Wildman–Crippen MR) is 69.5 cm³/mol. The number of hydrogen-bond donors (Lipinski definition) is 0. The molecular weight excluding hydrogens is 276 g/mol. The molecule has 0 amide bonds. The average molecular weight is 283 g/mol. The Kier molecular flexibility index (Phi) is 3.89. The van der Waals surface area contributed by atoms with Gasteiger partial charge in [-0.2, -0.15) is 5.26 Å². The number of carbonyl (C=O) groups is 1. The number of Topliss-reactive ketones (excluding diaryl/α,β-unsaturated/α-hetero) is 1. The largest absolute Gasteiger partial charge is 0.296 e. The maximum Gasteiger partial charge on any atom is 0.171 e. The summed E-state index contributed by atoms with van der Waals surface area (Å²) in [6.45, 7) is 0. The minimum atomic E-state index is -0.841. The number of nitriles is 1. The Morgan fingerprint density at radius 1 is 1.59 bits per heavy atom. The number of aromatic nitrogens is 1. The van der Waals surface area contributed by atoms with Crippen LogP contribution in [0.4, 0.5) is 0 Å². The summed E-state index contributed by atoms with van der Waals surface area (Å²) in [5.41, 5.74) is 0.808. The molecule has 2 aromatic rings. The van der Waals surface area contributed by atoms with Gasteiger partial charge < -0.3 is 0 Å². The van der Waals surface area contributed by atoms with Crippen LogP contribution in [0.2, 0.25) is 0 Å². The van der Waals surface area contributed by atoms with Crippen LogP contribution in [0.3, 0.4) is 0 Å². The first-order valence-electron chi connectivity index (χ1n) is 4.74. The monoisotopic (exact) mass is 282 g/mol. The fourth-order valence-corrected chi connectivity index (χ4v) is 3.10. The number of halogens is 1. The maximum atomic E-state index is 11.5. The van der Waals surface area contributed by atoms with Crippen molar-refractivity contribution in [3.05, 3.63) is 27.9 Å². The Labute approximate surface area is 111 Å². The molecule has 86 valence electrons. The molecule has 0 saturated heterocycles. The van der Waals surface area contributed by atoms with Crippen LogP contribution in [0.25, 0.3) is 10.6 Å². The van der Waals surface area contributed by atoms with Crippen LogP contribution < -0.4 is 0 Å². The third-order valence-corrected chi connectivity index (χ3v) is 4.19. The quantitative estimate of drug-likeness (QED) is 0.809. The summed E-state index contributed by atoms with van der Waals surface area (Å²) >= 11 is 8.35. The van der Waals surface area contributed by atoms with Gasteiger partial charge in [0.15, 0.2) is 11.7 Å². The standard InChI is InChI=1S/C11H7ClN2OS2/c12-4-9(15)7(5-13)11-14-8(6-17-11)10-2-1-3-16-10/h1-3,6-7H,4H2/t7-/m0/s1. The number of thiophene rings is 1. The number of thiazole rings is 1. The van der Waals surface area contributed by atoms with Crippen molar-refractivity contribution in [3.63, 3.8) is 0 Å². The first-order valence-corrected chi connectivity index (χ1v) is 7.03. The molecule has 0 aromatic carbocycles. The molecule has 0 spiro atoms. The highest BCUT2D eigenvalue weighted by Gasteiger charge is 2.22. The van der Waals surface area contributed by atoms with E-state index in [9.17, 15) is 4.79 Å². The Bertz CT molecular complexity index is 556. The van der Waals surface area contributed by atoms with E-state index in [2.05, 4.69) is 4.98 Å². The van der Waals surface area contributed by atoms with Crippen LogP contribution in [-0.4, -0.2) is 16.6 Å². The van der Waals surface area contributed by atoms with E-state index in [4.69, 9.17) is 16.9 Å². The molecule has 0 radical (unpaired) electrons. The van der Waals surface area contributed by atoms with Crippen molar-refractivity contribution < 1.29 is 4.79 Å². The summed E-state index contributed by atoms with van der Waals surface area (Å²) in [5.74, 6) is -1.31. The van der Waals surface area contributed by atoms with Gasteiger partial charge in [0.1, 0.15) is 5.01 Å². The maximum absolute atomic E-state index is 11.5. The van der Waals surface area contributed by atoms with E-state index in [1.54, 1.807) is 11.3 Å². The van der Waals surface area contributed by atoms with Gasteiger partial charge in [-0.25, -0.2) is 4.98 Å². The lowest BCUT2D eigenvalue weighted by Gasteiger charge is -2.00. The van der Waals surface area contributed by atoms with E-state index in [1.807, 2.05) is 29.0 Å². The number of rotatable bonds is 4. The van der Waals surface area contributed by atoms with Crippen molar-refractivity contribution in [1.82, 2.24) is 4.98 Å². The van der Waals surface area contributed by atoms with Gasteiger partial charge in [0.2, 0.25) is 0 Å². The van der Waals surface area contributed by atoms with Crippen molar-refractivity contribution in [2.45, 2.75) is 5.92 Å². The molecule has 0 unspecified atom stereocenters. The molecule has 6 heteroatoms. The molecule has 0 fully saturated rings. The average Bonchev–Trinajstić information content (AvgIpc) is 2.99. The highest BCUT2D eigenvalue weighted by Crippen LogP contribution is 2.29. The zero-order valence-corrected chi connectivity index (χ0v) is 11.0. The summed E-state index contributed by atoms with van der Waals surface area (Å²) in [6, 6.07) is 5.83. The lowest BCUT2D eigenvalue weighted by Crippen LogP contribution is -2.11. The zero-order valence-electron chi connectivity index (χ0n) is 8.59. The number of hydrogen-bond acceptors (Lipinski definition) is 5. The summed E-state index contributed by atoms with van der Waals surface area (Å²) in [5, 5.41) is 13.3. The molecule has 17 heavy (non-hydrogen) atoms. The lowest BCUT2D eigenvalue weighted by atomic mass is 10.1. The molecule has 0 bridgehead atoms. The van der Waals surface area contributed by atoms with E-state index in [0.717, 1.165) is 10.6 Å². The lowest BCUT2D eigenvalue weighted by molar-refractivity contribution is -0.117. The van der Waals surface area contributed by atoms with Crippen molar-refractivity contribution in [1.29, 1.82) is 5.26 Å². The molecule has 0 aliphatic heterocycles. The highest BCUT2D eigenvalue weighted by molar-refractivity contribution is 7.14. The van der Waals surface area contributed by atoms with Crippen molar-refractivity contribution in [2.75, 3.05) is 5.88 Å². The topological polar surface area (TPSA) is 53.8 Å². The molecule has 0 aliphatic carbocycles. The fraction of sp³-hybridized carbons (Fsp3) is 0.182. The van der Waals surface area contributed by atoms with Crippen LogP contribution in [0.5, 0.6) is 0 Å². The third kappa shape index (κ3) is 2.55. The number of nitrogens with zero attached hydrogens (tertiary/aromatic N) is 2. The summed E-state index contributed by atoms with van der Waals surface area (Å²) < 4.78 is 0. The van der Waals surface area contributed by atoms with Crippen LogP contribution >= 0.6 is 34.3 Å². The van der Waals surface area contributed by atoms with Gasteiger partial charge in [0.05, 0.1) is 22.5 Å². The van der Waals surface area contributed by atoms with E-state index >= 15 is 0 Å². The third-order valence-electron chi connectivity index (χ3n) is 2.13. The molecule has 0 aliphatic rings. The Morgan fingerprint density at radius 2 is 2.41 bits per heavy atom. The SMILES string of the molecule is N#C[C@@H](C(=O)CCl)c1nc(-c2cccs2)cs1. The van der Waals surface area contributed by atoms with Gasteiger partial charge in [0.25, 0.3) is 0 Å². The molecule has 2 heterocycles. The number of carbonyl (C=O) groups excluding carboxylic acids is 1. The molecular formula is C11H7ClN2OS2. The smallest absolute Gasteiger partial charge is 0.171 e. The Morgan fingerprint density at radius 3 is 3.00 bits per heavy atom. The van der Waals surface area contributed by atoms with E-state index in [-0.39, 0.29) is 11.7 Å². The second-order valence-electron chi connectivity index (χ2n) is 3.21. The van der Waals surface area contributed by atoms with Gasteiger partial charge >= 0.3 is 0 Å². The van der Waals surface area contributed by atoms with E-state index in [1.165, 1.54) is 11.3 Å². The first-order chi connectivity index (χ1) is 8.26. The molecule has 0 saturated carbocycles. The molecule has 2 aromatic heterocycles. The number of alkyl halides is 1. The molecule has 3 nitrogen and oxygen atoms in total. The van der Waals surface area contributed by atoms with Crippen molar-refractivity contribution in [3.8, 4) is 16.6 Å². The minimum Gasteiger partial charge on any atom is -0.296 e. The Hall–Kier alpha value is -1.22. The first kappa shape index (κ1) is 12.2. The van der Waals surface area contributed by atoms with Gasteiger partial charge in [-0.3, -0.25) is 4.79 Å². The van der Waals surface area contributed by atoms with Crippen molar-refractivity contribution in [2.24, 2.45) is 0 Å². The van der Waals surface area contributed by atoms with Crippen LogP contribution in [0.15, 0.2) is 22.9 Å². The van der Waals surface area contributed by atoms with E-state index < -0.39 is 5.92 Å². The molecule has 1 atom stereocenters. The summed E-state index contributed by atoms with van der Waals surface area (Å²) in [4.78, 5) is 16.8. The van der Waals surface area contributed by atoms with Gasteiger partial charge in [-0.05, 0) is 11.4 Å². The molecule has 0 N–H and O–H groups in total. The van der Waals surface area contributed by atoms with Crippen LogP contribution in [0, 0.1) is 11.3 Å². The van der Waals surface area contributed by atoms with Crippen molar-refractivity contribution >= 4 is 40.1 Å². The molecule has 2 rings (SSSR count). The highest BCUT2D eigenvalue weighted by atomic mass is 35.5. The number of ketones is 1. The van der Waals surface area contributed by atoms with Gasteiger partial charge in [0, 0.05) is 5.38 Å². The van der Waals surface area contributed by atoms with Gasteiger partial charge in [-0.1, -0.05) is 6.07 Å². The second kappa shape index (κ2) is 5.41. The zero-order chi connectivity index (χ0) is 12.3. The minimum absolute atomic E-state index is 0.161. The predicted octanol–water partition coefficient (Wildman–Crippen LogP) is 3.29. The fourth-order valence-electron chi connectivity index (χ4n) is 1.30. The van der Waals surface area contributed by atoms with Crippen LogP contribution in [0.1, 0.15) is 10.9 Å². The van der Waals surface area contributed by atoms with Crippen LogP contribution in [-0.2, 0) is 4.79 Å². The normalized spacial score (nSPS) is 12.0. The second-order valence-corrected chi connectivity index (χ2v) is 5.31. The summed E-state index contributed by atoms with van der Waals surface area (Å²) in [6.07, 6.45) is 0. The Balaban J connectivity index is 2.30. The van der Waals surface area contributed by atoms with E-state index in [0.29, 0.717) is 5.01 Å². The summed E-state index contributed by atoms with van der Waals surface area (Å²) in [7, 11) is 0. The van der Waals surface area contributed by atoms with Gasteiger partial charge in [-0.15, -0.1) is 34.3 Å².